The van der Waals surface area contributed by atoms with E-state index >= 15 is 0 Å². The molecular formula is C12H26NO4P. The number of ether oxygens (including phenoxy) is 1. The van der Waals surface area contributed by atoms with Crippen molar-refractivity contribution in [3.8, 4) is 0 Å². The summed E-state index contributed by atoms with van der Waals surface area (Å²) in [6.07, 6.45) is 0.0440. The van der Waals surface area contributed by atoms with Crippen LogP contribution in [0.1, 0.15) is 48.0 Å². The summed E-state index contributed by atoms with van der Waals surface area (Å²) in [4.78, 5) is 0. The molecule has 0 amide bonds. The van der Waals surface area contributed by atoms with Gasteiger partial charge in [-0.2, -0.15) is 0 Å². The topological polar surface area (TPSA) is 68.6 Å². The van der Waals surface area contributed by atoms with Gasteiger partial charge < -0.3 is 13.8 Å². The van der Waals surface area contributed by atoms with E-state index in [2.05, 4.69) is 0 Å². The lowest BCUT2D eigenvalue weighted by Crippen LogP contribution is -2.15. The first-order valence-electron chi connectivity index (χ1n) is 6.34. The van der Waals surface area contributed by atoms with Gasteiger partial charge in [-0.15, -0.1) is 0 Å². The summed E-state index contributed by atoms with van der Waals surface area (Å²) in [6.45, 7) is 10.9. The van der Waals surface area contributed by atoms with Gasteiger partial charge >= 0.3 is 7.60 Å². The monoisotopic (exact) mass is 279 g/mol. The maximum absolute atomic E-state index is 12.4. The van der Waals surface area contributed by atoms with Crippen LogP contribution in [-0.2, 0) is 18.3 Å². The summed E-state index contributed by atoms with van der Waals surface area (Å²) in [7, 11) is -3.15. The lowest BCUT2D eigenvalue weighted by molar-refractivity contribution is 0.142. The second kappa shape index (κ2) is 7.93. The number of rotatable bonds is 8. The van der Waals surface area contributed by atoms with Gasteiger partial charge in [0.25, 0.3) is 0 Å². The SMILES string of the molecule is CC(C)OC(=N)CCP(=O)(OC(C)C)OC(C)C. The number of hydrogen-bond acceptors (Lipinski definition) is 5. The highest BCUT2D eigenvalue weighted by atomic mass is 31.2. The highest BCUT2D eigenvalue weighted by Crippen LogP contribution is 2.50. The Hall–Kier alpha value is -0.380. The molecule has 108 valence electrons. The average molecular weight is 279 g/mol. The van der Waals surface area contributed by atoms with Crippen molar-refractivity contribution in [1.82, 2.24) is 0 Å². The normalized spacial score (nSPS) is 12.5. The van der Waals surface area contributed by atoms with Crippen LogP contribution in [0.5, 0.6) is 0 Å². The predicted molar refractivity (Wildman–Crippen MR) is 73.5 cm³/mol. The van der Waals surface area contributed by atoms with E-state index in [9.17, 15) is 4.57 Å². The molecule has 0 aromatic rings. The van der Waals surface area contributed by atoms with Crippen LogP contribution < -0.4 is 0 Å². The molecule has 0 bridgehead atoms. The average Bonchev–Trinajstić information content (AvgIpc) is 2.11. The minimum absolute atomic E-state index is 0.0473. The van der Waals surface area contributed by atoms with E-state index in [0.29, 0.717) is 0 Å². The summed E-state index contributed by atoms with van der Waals surface area (Å²) < 4.78 is 28.4. The van der Waals surface area contributed by atoms with Crippen molar-refractivity contribution in [1.29, 1.82) is 5.41 Å². The van der Waals surface area contributed by atoms with Gasteiger partial charge in [0.15, 0.2) is 5.90 Å². The summed E-state index contributed by atoms with van der Waals surface area (Å²) in [5.74, 6) is 0.116. The summed E-state index contributed by atoms with van der Waals surface area (Å²) >= 11 is 0. The predicted octanol–water partition coefficient (Wildman–Crippen LogP) is 3.82. The van der Waals surface area contributed by atoms with Gasteiger partial charge in [-0.25, -0.2) is 0 Å². The van der Waals surface area contributed by atoms with Crippen molar-refractivity contribution < 1.29 is 18.3 Å². The molecule has 0 rings (SSSR count). The standard InChI is InChI=1S/C12H26NO4P/c1-9(2)15-12(13)7-8-18(14,16-10(3)4)17-11(5)6/h9-11,13H,7-8H2,1-6H3. The Morgan fingerprint density at radius 1 is 1.00 bits per heavy atom. The van der Waals surface area contributed by atoms with Crippen LogP contribution >= 0.6 is 7.60 Å². The van der Waals surface area contributed by atoms with E-state index in [4.69, 9.17) is 19.2 Å². The minimum Gasteiger partial charge on any atom is -0.478 e. The van der Waals surface area contributed by atoms with Crippen LogP contribution in [0.15, 0.2) is 0 Å². The van der Waals surface area contributed by atoms with Gasteiger partial charge in [0.2, 0.25) is 0 Å². The molecule has 0 radical (unpaired) electrons. The van der Waals surface area contributed by atoms with E-state index < -0.39 is 7.60 Å². The lowest BCUT2D eigenvalue weighted by Gasteiger charge is -2.23. The van der Waals surface area contributed by atoms with Crippen molar-refractivity contribution >= 4 is 13.5 Å². The van der Waals surface area contributed by atoms with E-state index in [-0.39, 0.29) is 36.8 Å². The number of hydrogen-bond donors (Lipinski definition) is 1. The highest BCUT2D eigenvalue weighted by Gasteiger charge is 2.28. The maximum Gasteiger partial charge on any atom is 0.331 e. The molecule has 0 spiro atoms. The fourth-order valence-electron chi connectivity index (χ4n) is 1.35. The Labute approximate surface area is 110 Å². The van der Waals surface area contributed by atoms with Gasteiger partial charge in [-0.1, -0.05) is 0 Å². The van der Waals surface area contributed by atoms with Gasteiger partial charge in [0.1, 0.15) is 0 Å². The molecule has 0 aromatic heterocycles. The molecule has 0 saturated carbocycles. The molecule has 0 aromatic carbocycles. The van der Waals surface area contributed by atoms with Crippen molar-refractivity contribution in [2.24, 2.45) is 0 Å². The van der Waals surface area contributed by atoms with Gasteiger partial charge in [0, 0.05) is 6.42 Å². The summed E-state index contributed by atoms with van der Waals surface area (Å²) in [5, 5.41) is 7.61. The minimum atomic E-state index is -3.15. The van der Waals surface area contributed by atoms with Gasteiger partial charge in [-0.3, -0.25) is 9.97 Å². The Bertz CT molecular complexity index is 288. The quantitative estimate of drug-likeness (QED) is 0.416. The first-order valence-corrected chi connectivity index (χ1v) is 8.07. The zero-order chi connectivity index (χ0) is 14.3. The highest BCUT2D eigenvalue weighted by molar-refractivity contribution is 7.53. The van der Waals surface area contributed by atoms with Crippen molar-refractivity contribution in [3.05, 3.63) is 0 Å². The van der Waals surface area contributed by atoms with Gasteiger partial charge in [-0.05, 0) is 41.5 Å². The van der Waals surface area contributed by atoms with Crippen LogP contribution in [0.25, 0.3) is 0 Å². The zero-order valence-electron chi connectivity index (χ0n) is 12.2. The first-order chi connectivity index (χ1) is 8.14. The van der Waals surface area contributed by atoms with Crippen molar-refractivity contribution in [2.45, 2.75) is 66.3 Å². The molecular weight excluding hydrogens is 253 g/mol. The second-order valence-electron chi connectivity index (χ2n) is 4.98. The molecule has 1 N–H and O–H groups in total. The summed E-state index contributed by atoms with van der Waals surface area (Å²) in [6, 6.07) is 0. The second-order valence-corrected chi connectivity index (χ2v) is 7.07. The van der Waals surface area contributed by atoms with Gasteiger partial charge in [0.05, 0.1) is 24.5 Å². The molecule has 0 unspecified atom stereocenters. The Balaban J connectivity index is 4.42. The third kappa shape index (κ3) is 8.67. The van der Waals surface area contributed by atoms with Crippen molar-refractivity contribution in [2.75, 3.05) is 6.16 Å². The molecule has 0 heterocycles. The molecule has 0 atom stereocenters. The molecule has 0 fully saturated rings. The van der Waals surface area contributed by atoms with Crippen molar-refractivity contribution in [3.63, 3.8) is 0 Å². The van der Waals surface area contributed by atoms with E-state index in [1.54, 1.807) is 0 Å². The first kappa shape index (κ1) is 17.6. The fourth-order valence-corrected chi connectivity index (χ4v) is 3.38. The maximum atomic E-state index is 12.4. The van der Waals surface area contributed by atoms with E-state index in [1.165, 1.54) is 0 Å². The Morgan fingerprint density at radius 3 is 1.78 bits per heavy atom. The zero-order valence-corrected chi connectivity index (χ0v) is 13.1. The largest absolute Gasteiger partial charge is 0.478 e. The molecule has 18 heavy (non-hydrogen) atoms. The van der Waals surface area contributed by atoms with E-state index in [0.717, 1.165) is 0 Å². The van der Waals surface area contributed by atoms with Crippen LogP contribution in [-0.4, -0.2) is 30.4 Å². The van der Waals surface area contributed by atoms with Crippen LogP contribution in [0.4, 0.5) is 0 Å². The van der Waals surface area contributed by atoms with E-state index in [1.807, 2.05) is 41.5 Å². The van der Waals surface area contributed by atoms with Crippen LogP contribution in [0, 0.1) is 5.41 Å². The Morgan fingerprint density at radius 2 is 1.44 bits per heavy atom. The number of nitrogens with one attached hydrogen (secondary N) is 1. The smallest absolute Gasteiger partial charge is 0.331 e. The molecule has 5 nitrogen and oxygen atoms in total. The van der Waals surface area contributed by atoms with Crippen LogP contribution in [0.2, 0.25) is 0 Å². The third-order valence-corrected chi connectivity index (χ3v) is 3.99. The molecule has 0 aliphatic carbocycles. The molecule has 6 heteroatoms. The molecule has 0 aliphatic heterocycles. The molecule has 0 saturated heterocycles. The third-order valence-electron chi connectivity index (χ3n) is 1.73. The Kier molecular flexibility index (Phi) is 7.76. The van der Waals surface area contributed by atoms with Crippen LogP contribution in [0.3, 0.4) is 0 Å². The lowest BCUT2D eigenvalue weighted by atomic mass is 10.4. The fraction of sp³-hybridized carbons (Fsp3) is 0.917. The summed E-state index contributed by atoms with van der Waals surface area (Å²) in [5.41, 5.74) is 0. The molecule has 0 aliphatic rings.